The third kappa shape index (κ3) is 4.88. The van der Waals surface area contributed by atoms with Crippen molar-refractivity contribution in [3.63, 3.8) is 0 Å². The van der Waals surface area contributed by atoms with E-state index in [4.69, 9.17) is 9.84 Å². The van der Waals surface area contributed by atoms with Gasteiger partial charge in [-0.3, -0.25) is 4.79 Å². The van der Waals surface area contributed by atoms with Gasteiger partial charge in [0.1, 0.15) is 5.75 Å². The minimum atomic E-state index is -1.02. The molecule has 5 nitrogen and oxygen atoms in total. The van der Waals surface area contributed by atoms with Crippen LogP contribution in [0.4, 0.5) is 0 Å². The third-order valence-corrected chi connectivity index (χ3v) is 4.62. The molecule has 144 valence electrons. The van der Waals surface area contributed by atoms with Crippen LogP contribution in [0.25, 0.3) is 10.8 Å². The number of carboxylic acid groups (broad SMARTS) is 1. The smallest absolute Gasteiger partial charge is 0.341 e. The fourth-order valence-electron chi connectivity index (χ4n) is 3.22. The number of hydrogen-bond acceptors (Lipinski definition) is 3. The number of carboxylic acids is 1. The fraction of sp³-hybridized carbons (Fsp3) is 0.217. The minimum Gasteiger partial charge on any atom is -0.481 e. The van der Waals surface area contributed by atoms with E-state index in [0.29, 0.717) is 18.6 Å². The summed E-state index contributed by atoms with van der Waals surface area (Å²) in [6.07, 6.45) is 0.962. The molecule has 0 bridgehead atoms. The lowest BCUT2D eigenvalue weighted by Crippen LogP contribution is -2.26. The van der Waals surface area contributed by atoms with Crippen LogP contribution in [0, 0.1) is 0 Å². The molecule has 3 rings (SSSR count). The summed E-state index contributed by atoms with van der Waals surface area (Å²) in [5.74, 6) is -0.493. The van der Waals surface area contributed by atoms with Crippen LogP contribution in [0.2, 0.25) is 0 Å². The summed E-state index contributed by atoms with van der Waals surface area (Å²) in [6, 6.07) is 21.1. The molecule has 0 aliphatic rings. The molecule has 0 aromatic heterocycles. The van der Waals surface area contributed by atoms with Crippen LogP contribution in [0.5, 0.6) is 5.75 Å². The SMILES string of the molecule is C[C@H](NC(=O)CCc1cccc2c(OCC(=O)O)cccc12)c1ccccc1. The zero-order valence-corrected chi connectivity index (χ0v) is 15.7. The highest BCUT2D eigenvalue weighted by molar-refractivity contribution is 5.91. The van der Waals surface area contributed by atoms with E-state index in [9.17, 15) is 9.59 Å². The Hall–Kier alpha value is -3.34. The van der Waals surface area contributed by atoms with Crippen molar-refractivity contribution in [2.75, 3.05) is 6.61 Å². The molecule has 5 heteroatoms. The largest absolute Gasteiger partial charge is 0.481 e. The van der Waals surface area contributed by atoms with Crippen LogP contribution in [0.1, 0.15) is 30.5 Å². The second-order valence-corrected chi connectivity index (χ2v) is 6.65. The van der Waals surface area contributed by atoms with Gasteiger partial charge in [-0.05, 0) is 35.9 Å². The van der Waals surface area contributed by atoms with Crippen molar-refractivity contribution in [3.8, 4) is 5.75 Å². The summed E-state index contributed by atoms with van der Waals surface area (Å²) in [5, 5.41) is 13.7. The van der Waals surface area contributed by atoms with Gasteiger partial charge in [-0.1, -0.05) is 60.7 Å². The first-order valence-electron chi connectivity index (χ1n) is 9.24. The predicted molar refractivity (Wildman–Crippen MR) is 108 cm³/mol. The molecule has 0 radical (unpaired) electrons. The molecule has 0 fully saturated rings. The molecule has 2 N–H and O–H groups in total. The van der Waals surface area contributed by atoms with E-state index in [2.05, 4.69) is 5.32 Å². The number of carbonyl (C=O) groups excluding carboxylic acids is 1. The molecule has 0 aliphatic heterocycles. The second-order valence-electron chi connectivity index (χ2n) is 6.65. The lowest BCUT2D eigenvalue weighted by molar-refractivity contribution is -0.139. The summed E-state index contributed by atoms with van der Waals surface area (Å²) < 4.78 is 5.38. The van der Waals surface area contributed by atoms with Crippen LogP contribution >= 0.6 is 0 Å². The van der Waals surface area contributed by atoms with E-state index in [-0.39, 0.29) is 18.6 Å². The highest BCUT2D eigenvalue weighted by atomic mass is 16.5. The van der Waals surface area contributed by atoms with Gasteiger partial charge >= 0.3 is 5.97 Å². The first-order valence-corrected chi connectivity index (χ1v) is 9.24. The van der Waals surface area contributed by atoms with Crippen molar-refractivity contribution >= 4 is 22.6 Å². The Kier molecular flexibility index (Phi) is 6.27. The molecule has 0 saturated heterocycles. The molecule has 0 saturated carbocycles. The average molecular weight is 377 g/mol. The summed E-state index contributed by atoms with van der Waals surface area (Å²) in [4.78, 5) is 23.2. The maximum Gasteiger partial charge on any atom is 0.341 e. The minimum absolute atomic E-state index is 0.00774. The van der Waals surface area contributed by atoms with E-state index in [1.165, 1.54) is 0 Å². The Labute approximate surface area is 164 Å². The van der Waals surface area contributed by atoms with Crippen LogP contribution < -0.4 is 10.1 Å². The van der Waals surface area contributed by atoms with Crippen molar-refractivity contribution in [1.29, 1.82) is 0 Å². The Morgan fingerprint density at radius 1 is 0.964 bits per heavy atom. The Bertz CT molecular complexity index is 969. The summed E-state index contributed by atoms with van der Waals surface area (Å²) in [5.41, 5.74) is 2.10. The molecule has 0 aliphatic carbocycles. The first-order chi connectivity index (χ1) is 13.5. The maximum absolute atomic E-state index is 12.4. The Morgan fingerprint density at radius 2 is 1.68 bits per heavy atom. The van der Waals surface area contributed by atoms with Crippen LogP contribution in [-0.4, -0.2) is 23.6 Å². The molecule has 1 amide bonds. The van der Waals surface area contributed by atoms with Gasteiger partial charge in [-0.15, -0.1) is 0 Å². The van der Waals surface area contributed by atoms with Crippen molar-refractivity contribution in [3.05, 3.63) is 77.9 Å². The number of fused-ring (bicyclic) bond motifs is 1. The normalized spacial score (nSPS) is 11.8. The third-order valence-electron chi connectivity index (χ3n) is 4.62. The van der Waals surface area contributed by atoms with Gasteiger partial charge in [-0.25, -0.2) is 4.79 Å². The molecule has 1 atom stereocenters. The number of ether oxygens (including phenoxy) is 1. The zero-order valence-electron chi connectivity index (χ0n) is 15.7. The number of benzene rings is 3. The lowest BCUT2D eigenvalue weighted by Gasteiger charge is -2.15. The van der Waals surface area contributed by atoms with E-state index in [1.54, 1.807) is 6.07 Å². The summed E-state index contributed by atoms with van der Waals surface area (Å²) >= 11 is 0. The van der Waals surface area contributed by atoms with Crippen LogP contribution in [0.15, 0.2) is 66.7 Å². The summed E-state index contributed by atoms with van der Waals surface area (Å²) in [7, 11) is 0. The number of aliphatic carboxylic acids is 1. The second kappa shape index (κ2) is 9.04. The molecular formula is C23H23NO4. The predicted octanol–water partition coefficient (Wildman–Crippen LogP) is 4.11. The zero-order chi connectivity index (χ0) is 19.9. The van der Waals surface area contributed by atoms with Gasteiger partial charge in [0.05, 0.1) is 6.04 Å². The number of rotatable bonds is 8. The van der Waals surface area contributed by atoms with Crippen LogP contribution in [-0.2, 0) is 16.0 Å². The highest BCUT2D eigenvalue weighted by Crippen LogP contribution is 2.28. The van der Waals surface area contributed by atoms with Gasteiger partial charge in [-0.2, -0.15) is 0 Å². The van der Waals surface area contributed by atoms with Gasteiger partial charge < -0.3 is 15.2 Å². The number of amides is 1. The maximum atomic E-state index is 12.4. The van der Waals surface area contributed by atoms with Crippen molar-refractivity contribution in [2.24, 2.45) is 0 Å². The summed E-state index contributed by atoms with van der Waals surface area (Å²) in [6.45, 7) is 1.58. The molecule has 3 aromatic rings. The van der Waals surface area contributed by atoms with Gasteiger partial charge in [0, 0.05) is 11.8 Å². The van der Waals surface area contributed by atoms with Crippen molar-refractivity contribution < 1.29 is 19.4 Å². The molecular weight excluding hydrogens is 354 g/mol. The number of aryl methyl sites for hydroxylation is 1. The fourth-order valence-corrected chi connectivity index (χ4v) is 3.22. The van der Waals surface area contributed by atoms with E-state index >= 15 is 0 Å². The number of carbonyl (C=O) groups is 2. The molecule has 0 spiro atoms. The first kappa shape index (κ1) is 19.4. The molecule has 0 heterocycles. The van der Waals surface area contributed by atoms with E-state index in [1.807, 2.05) is 67.6 Å². The average Bonchev–Trinajstić information content (AvgIpc) is 2.71. The molecule has 3 aromatic carbocycles. The van der Waals surface area contributed by atoms with Crippen molar-refractivity contribution in [2.45, 2.75) is 25.8 Å². The lowest BCUT2D eigenvalue weighted by atomic mass is 10.00. The van der Waals surface area contributed by atoms with E-state index < -0.39 is 5.97 Å². The van der Waals surface area contributed by atoms with Gasteiger partial charge in [0.2, 0.25) is 5.91 Å². The monoisotopic (exact) mass is 377 g/mol. The number of nitrogens with one attached hydrogen (secondary N) is 1. The highest BCUT2D eigenvalue weighted by Gasteiger charge is 2.11. The standard InChI is InChI=1S/C23H23NO4/c1-16(17-7-3-2-4-8-17)24-22(25)14-13-18-9-5-11-20-19(18)10-6-12-21(20)28-15-23(26)27/h2-12,16H,13-15H2,1H3,(H,24,25)(H,26,27)/t16-/m0/s1. The molecule has 0 unspecified atom stereocenters. The van der Waals surface area contributed by atoms with Gasteiger partial charge in [0.25, 0.3) is 0 Å². The van der Waals surface area contributed by atoms with Crippen molar-refractivity contribution in [1.82, 2.24) is 5.32 Å². The van der Waals surface area contributed by atoms with Gasteiger partial charge in [0.15, 0.2) is 6.61 Å². The van der Waals surface area contributed by atoms with E-state index in [0.717, 1.165) is 21.9 Å². The molecule has 28 heavy (non-hydrogen) atoms. The Balaban J connectivity index is 1.68. The topological polar surface area (TPSA) is 75.6 Å². The number of hydrogen-bond donors (Lipinski definition) is 2. The Morgan fingerprint density at radius 3 is 2.43 bits per heavy atom. The van der Waals surface area contributed by atoms with Crippen LogP contribution in [0.3, 0.4) is 0 Å². The quantitative estimate of drug-likeness (QED) is 0.619.